The minimum atomic E-state index is -0.361. The van der Waals surface area contributed by atoms with Crippen LogP contribution in [0.15, 0.2) is 34.3 Å². The number of aromatic nitrogens is 3. The number of pyridine rings is 1. The lowest BCUT2D eigenvalue weighted by Gasteiger charge is -1.97. The first-order chi connectivity index (χ1) is 9.16. The van der Waals surface area contributed by atoms with E-state index in [-0.39, 0.29) is 17.9 Å². The highest BCUT2D eigenvalue weighted by atomic mass is 16.2. The molecular formula is C12H13N5O2. The first-order valence-corrected chi connectivity index (χ1v) is 5.66. The van der Waals surface area contributed by atoms with Crippen molar-refractivity contribution in [1.82, 2.24) is 20.6 Å². The van der Waals surface area contributed by atoms with Gasteiger partial charge in [-0.2, -0.15) is 5.10 Å². The predicted molar refractivity (Wildman–Crippen MR) is 69.8 cm³/mol. The second-order valence-corrected chi connectivity index (χ2v) is 3.91. The summed E-state index contributed by atoms with van der Waals surface area (Å²) in [6.45, 7) is 1.72. The van der Waals surface area contributed by atoms with Gasteiger partial charge in [-0.15, -0.1) is 0 Å². The third kappa shape index (κ3) is 3.38. The van der Waals surface area contributed by atoms with Crippen LogP contribution in [0.4, 0.5) is 0 Å². The Bertz CT molecular complexity index is 642. The predicted octanol–water partition coefficient (Wildman–Crippen LogP) is 0.0992. The molecule has 7 nitrogen and oxygen atoms in total. The quantitative estimate of drug-likeness (QED) is 0.536. The van der Waals surface area contributed by atoms with Gasteiger partial charge in [0, 0.05) is 17.5 Å². The second-order valence-electron chi connectivity index (χ2n) is 3.91. The summed E-state index contributed by atoms with van der Waals surface area (Å²) in [7, 11) is 0. The average Bonchev–Trinajstić information content (AvgIpc) is 2.72. The molecule has 1 amide bonds. The molecule has 0 atom stereocenters. The third-order valence-electron chi connectivity index (χ3n) is 2.50. The molecule has 0 bridgehead atoms. The largest absolute Gasteiger partial charge is 0.302 e. The Kier molecular flexibility index (Phi) is 3.87. The monoisotopic (exact) mass is 259 g/mol. The molecule has 0 saturated carbocycles. The average molecular weight is 259 g/mol. The van der Waals surface area contributed by atoms with E-state index in [1.54, 1.807) is 25.3 Å². The molecule has 0 saturated heterocycles. The maximum absolute atomic E-state index is 11.6. The number of nitrogens with zero attached hydrogens (tertiary/aromatic N) is 2. The Morgan fingerprint density at radius 3 is 2.95 bits per heavy atom. The first kappa shape index (κ1) is 12.7. The molecule has 0 aliphatic heterocycles. The van der Waals surface area contributed by atoms with Crippen molar-refractivity contribution in [1.29, 1.82) is 0 Å². The summed E-state index contributed by atoms with van der Waals surface area (Å²) >= 11 is 0. The fourth-order valence-corrected chi connectivity index (χ4v) is 1.51. The molecule has 7 heteroatoms. The topological polar surface area (TPSA) is 103 Å². The Hall–Kier alpha value is -2.70. The molecule has 2 aromatic heterocycles. The Labute approximate surface area is 108 Å². The maximum Gasteiger partial charge on any atom is 0.267 e. The van der Waals surface area contributed by atoms with Crippen LogP contribution in [0.2, 0.25) is 0 Å². The minimum absolute atomic E-state index is 0.0236. The summed E-state index contributed by atoms with van der Waals surface area (Å²) in [6, 6.07) is 5.37. The summed E-state index contributed by atoms with van der Waals surface area (Å²) < 4.78 is 0. The fourth-order valence-electron chi connectivity index (χ4n) is 1.51. The third-order valence-corrected chi connectivity index (χ3v) is 2.50. The normalized spacial score (nSPS) is 10.8. The lowest BCUT2D eigenvalue weighted by Crippen LogP contribution is -2.23. The Morgan fingerprint density at radius 2 is 2.32 bits per heavy atom. The highest BCUT2D eigenvalue weighted by Gasteiger charge is 2.10. The molecule has 2 heterocycles. The van der Waals surface area contributed by atoms with Crippen molar-refractivity contribution in [2.24, 2.45) is 5.10 Å². The second kappa shape index (κ2) is 5.76. The lowest BCUT2D eigenvalue weighted by atomic mass is 10.2. The van der Waals surface area contributed by atoms with Crippen LogP contribution in [0, 0.1) is 6.92 Å². The molecule has 0 radical (unpaired) electrons. The van der Waals surface area contributed by atoms with Gasteiger partial charge >= 0.3 is 0 Å². The van der Waals surface area contributed by atoms with Crippen molar-refractivity contribution in [3.05, 3.63) is 51.7 Å². The summed E-state index contributed by atoms with van der Waals surface area (Å²) in [5, 5.41) is 8.85. The molecular weight excluding hydrogens is 246 g/mol. The molecule has 0 spiro atoms. The van der Waals surface area contributed by atoms with Crippen molar-refractivity contribution >= 4 is 12.1 Å². The molecule has 0 aliphatic rings. The van der Waals surface area contributed by atoms with Crippen LogP contribution in [-0.4, -0.2) is 27.3 Å². The fraction of sp³-hybridized carbons (Fsp3) is 0.167. The van der Waals surface area contributed by atoms with E-state index in [1.165, 1.54) is 6.21 Å². The number of H-pyrrole nitrogens is 2. The summed E-state index contributed by atoms with van der Waals surface area (Å²) in [6.07, 6.45) is 3.04. The number of amides is 1. The van der Waals surface area contributed by atoms with Gasteiger partial charge in [-0.1, -0.05) is 6.07 Å². The van der Waals surface area contributed by atoms with Crippen molar-refractivity contribution in [2.45, 2.75) is 13.3 Å². The van der Waals surface area contributed by atoms with Gasteiger partial charge in [0.1, 0.15) is 0 Å². The molecule has 3 N–H and O–H groups in total. The Morgan fingerprint density at radius 1 is 1.47 bits per heavy atom. The molecule has 98 valence electrons. The molecule has 0 fully saturated rings. The van der Waals surface area contributed by atoms with E-state index in [4.69, 9.17) is 0 Å². The molecule has 0 aliphatic carbocycles. The summed E-state index contributed by atoms with van der Waals surface area (Å²) in [5.41, 5.74) is 3.75. The zero-order chi connectivity index (χ0) is 13.7. The molecule has 0 aromatic carbocycles. The van der Waals surface area contributed by atoms with Crippen LogP contribution >= 0.6 is 0 Å². The lowest BCUT2D eigenvalue weighted by molar-refractivity contribution is -0.120. The smallest absolute Gasteiger partial charge is 0.267 e. The molecule has 2 aromatic rings. The van der Waals surface area contributed by atoms with E-state index < -0.39 is 0 Å². The number of hydrogen-bond donors (Lipinski definition) is 3. The zero-order valence-corrected chi connectivity index (χ0v) is 10.3. The number of carbonyl (C=O) groups is 1. The Balaban J connectivity index is 1.92. The van der Waals surface area contributed by atoms with E-state index in [1.807, 2.05) is 6.07 Å². The SMILES string of the molecule is Cc1[nH][nH]c(=O)c1CC(=O)N/N=C\c1ccccn1. The number of carbonyl (C=O) groups excluding carboxylic acids is 1. The summed E-state index contributed by atoms with van der Waals surface area (Å²) in [5.74, 6) is -0.361. The van der Waals surface area contributed by atoms with Crippen LogP contribution in [-0.2, 0) is 11.2 Å². The standard InChI is InChI=1S/C12H13N5O2/c1-8-10(12(19)17-15-8)6-11(18)16-14-7-9-4-2-3-5-13-9/h2-5,7H,6H2,1H3,(H,16,18)(H2,15,17,19)/b14-7-. The molecule has 0 unspecified atom stereocenters. The van der Waals surface area contributed by atoms with Crippen molar-refractivity contribution in [2.75, 3.05) is 0 Å². The number of hydrogen-bond acceptors (Lipinski definition) is 4. The van der Waals surface area contributed by atoms with Crippen LogP contribution in [0.25, 0.3) is 0 Å². The number of aryl methyl sites for hydroxylation is 1. The van der Waals surface area contributed by atoms with E-state index in [0.717, 1.165) is 0 Å². The maximum atomic E-state index is 11.6. The van der Waals surface area contributed by atoms with Gasteiger partial charge in [-0.25, -0.2) is 5.43 Å². The van der Waals surface area contributed by atoms with Crippen molar-refractivity contribution in [3.63, 3.8) is 0 Å². The number of aromatic amines is 2. The van der Waals surface area contributed by atoms with Crippen LogP contribution in [0.3, 0.4) is 0 Å². The molecule has 2 rings (SSSR count). The van der Waals surface area contributed by atoms with Gasteiger partial charge in [-0.3, -0.25) is 19.7 Å². The highest BCUT2D eigenvalue weighted by Crippen LogP contribution is 1.97. The van der Waals surface area contributed by atoms with E-state index in [9.17, 15) is 9.59 Å². The number of nitrogens with one attached hydrogen (secondary N) is 3. The van der Waals surface area contributed by atoms with E-state index in [2.05, 4.69) is 25.7 Å². The summed E-state index contributed by atoms with van der Waals surface area (Å²) in [4.78, 5) is 27.0. The minimum Gasteiger partial charge on any atom is -0.302 e. The van der Waals surface area contributed by atoms with Gasteiger partial charge in [0.05, 0.1) is 18.3 Å². The zero-order valence-electron chi connectivity index (χ0n) is 10.3. The van der Waals surface area contributed by atoms with Crippen LogP contribution in [0.1, 0.15) is 17.0 Å². The first-order valence-electron chi connectivity index (χ1n) is 5.66. The highest BCUT2D eigenvalue weighted by molar-refractivity contribution is 5.82. The van der Waals surface area contributed by atoms with Crippen LogP contribution in [0.5, 0.6) is 0 Å². The van der Waals surface area contributed by atoms with Gasteiger partial charge in [0.25, 0.3) is 5.56 Å². The molecule has 19 heavy (non-hydrogen) atoms. The number of hydrazone groups is 1. The van der Waals surface area contributed by atoms with Crippen molar-refractivity contribution < 1.29 is 4.79 Å². The van der Waals surface area contributed by atoms with Crippen molar-refractivity contribution in [3.8, 4) is 0 Å². The van der Waals surface area contributed by atoms with Crippen LogP contribution < -0.4 is 11.0 Å². The van der Waals surface area contributed by atoms with Gasteiger partial charge in [0.2, 0.25) is 5.91 Å². The van der Waals surface area contributed by atoms with E-state index >= 15 is 0 Å². The van der Waals surface area contributed by atoms with Gasteiger partial charge < -0.3 is 5.10 Å². The van der Waals surface area contributed by atoms with E-state index in [0.29, 0.717) is 17.0 Å². The van der Waals surface area contributed by atoms with Gasteiger partial charge in [-0.05, 0) is 19.1 Å². The van der Waals surface area contributed by atoms with Gasteiger partial charge in [0.15, 0.2) is 0 Å². The number of rotatable bonds is 4.